The summed E-state index contributed by atoms with van der Waals surface area (Å²) in [4.78, 5) is 4.27. The normalized spacial score (nSPS) is 10.1. The lowest BCUT2D eigenvalue weighted by molar-refractivity contribution is 1.01. The molecule has 1 rings (SSSR count). The Labute approximate surface area is 64.5 Å². The average molecular weight is 159 g/mol. The van der Waals surface area contributed by atoms with Gasteiger partial charge in [0.15, 0.2) is 0 Å². The van der Waals surface area contributed by atoms with Gasteiger partial charge < -0.3 is 0 Å². The minimum atomic E-state index is 0.989. The third-order valence-electron chi connectivity index (χ3n) is 1.12. The Hall–Kier alpha value is -0.0200. The number of aryl methyl sites for hydroxylation is 2. The van der Waals surface area contributed by atoms with E-state index >= 15 is 0 Å². The zero-order chi connectivity index (χ0) is 6.85. The van der Waals surface area contributed by atoms with Crippen molar-refractivity contribution in [1.29, 1.82) is 0 Å². The summed E-state index contributed by atoms with van der Waals surface area (Å²) >= 11 is 5.90. The van der Waals surface area contributed by atoms with Crippen LogP contribution in [0.2, 0.25) is 0 Å². The molecule has 0 bridgehead atoms. The molecule has 0 atom stereocenters. The van der Waals surface area contributed by atoms with Crippen LogP contribution in [0.3, 0.4) is 0 Å². The molecule has 9 heavy (non-hydrogen) atoms. The van der Waals surface area contributed by atoms with Gasteiger partial charge in [0.2, 0.25) is 0 Å². The third-order valence-corrected chi connectivity index (χ3v) is 2.47. The summed E-state index contributed by atoms with van der Waals surface area (Å²) in [5.74, 6) is 0. The molecule has 0 amide bonds. The number of hydrogen-bond donors (Lipinski definition) is 1. The van der Waals surface area contributed by atoms with Gasteiger partial charge in [-0.05, 0) is 13.3 Å². The predicted molar refractivity (Wildman–Crippen MR) is 43.5 cm³/mol. The highest BCUT2D eigenvalue weighted by Crippen LogP contribution is 2.21. The second kappa shape index (κ2) is 2.71. The first-order valence-corrected chi connectivity index (χ1v) is 4.15. The Morgan fingerprint density at radius 2 is 2.33 bits per heavy atom. The molecular formula is C6H9NS2. The predicted octanol–water partition coefficient (Wildman–Crippen LogP) is 2.30. The van der Waals surface area contributed by atoms with Crippen molar-refractivity contribution in [3.63, 3.8) is 0 Å². The number of thiazole rings is 1. The number of thiol groups is 1. The molecule has 0 saturated heterocycles. The maximum absolute atomic E-state index is 4.27. The molecule has 0 saturated carbocycles. The van der Waals surface area contributed by atoms with Crippen LogP contribution < -0.4 is 0 Å². The minimum absolute atomic E-state index is 0.989. The zero-order valence-corrected chi connectivity index (χ0v) is 7.22. The third kappa shape index (κ3) is 1.46. The Balaban J connectivity index is 3.01. The van der Waals surface area contributed by atoms with Gasteiger partial charge in [0.25, 0.3) is 0 Å². The first-order valence-electron chi connectivity index (χ1n) is 2.89. The van der Waals surface area contributed by atoms with Crippen molar-refractivity contribution in [3.8, 4) is 0 Å². The van der Waals surface area contributed by atoms with Crippen LogP contribution in [0.5, 0.6) is 0 Å². The van der Waals surface area contributed by atoms with E-state index in [1.807, 2.05) is 6.92 Å². The standard InChI is InChI=1S/C6H9NS2/c1-3-5-6(8)9-4(2)7-5/h8H,3H2,1-2H3. The van der Waals surface area contributed by atoms with Crippen LogP contribution in [0.15, 0.2) is 4.21 Å². The van der Waals surface area contributed by atoms with Crippen LogP contribution in [0.25, 0.3) is 0 Å². The Morgan fingerprint density at radius 1 is 1.67 bits per heavy atom. The first kappa shape index (κ1) is 7.09. The van der Waals surface area contributed by atoms with Crippen molar-refractivity contribution < 1.29 is 0 Å². The van der Waals surface area contributed by atoms with E-state index < -0.39 is 0 Å². The zero-order valence-electron chi connectivity index (χ0n) is 5.51. The highest BCUT2D eigenvalue weighted by Gasteiger charge is 2.00. The topological polar surface area (TPSA) is 12.9 Å². The lowest BCUT2D eigenvalue weighted by Gasteiger charge is -1.85. The number of nitrogens with zero attached hydrogens (tertiary/aromatic N) is 1. The van der Waals surface area contributed by atoms with Crippen LogP contribution in [-0.4, -0.2) is 4.98 Å². The van der Waals surface area contributed by atoms with Crippen LogP contribution in [0, 0.1) is 6.92 Å². The summed E-state index contributed by atoms with van der Waals surface area (Å²) in [6, 6.07) is 0. The van der Waals surface area contributed by atoms with Crippen molar-refractivity contribution >= 4 is 24.0 Å². The molecule has 0 spiro atoms. The molecule has 0 aliphatic carbocycles. The second-order valence-corrected chi connectivity index (χ2v) is 3.79. The Bertz CT molecular complexity index is 205. The molecule has 1 heterocycles. The molecule has 0 N–H and O–H groups in total. The molecule has 0 aliphatic heterocycles. The highest BCUT2D eigenvalue weighted by atomic mass is 32.2. The molecule has 0 aromatic carbocycles. The summed E-state index contributed by atoms with van der Waals surface area (Å²) in [6.07, 6.45) is 0.989. The van der Waals surface area contributed by atoms with E-state index in [2.05, 4.69) is 24.5 Å². The maximum atomic E-state index is 4.27. The Morgan fingerprint density at radius 3 is 2.56 bits per heavy atom. The van der Waals surface area contributed by atoms with Gasteiger partial charge in [0.1, 0.15) is 0 Å². The highest BCUT2D eigenvalue weighted by molar-refractivity contribution is 7.82. The molecule has 0 fully saturated rings. The summed E-state index contributed by atoms with van der Waals surface area (Å²) in [5.41, 5.74) is 1.13. The monoisotopic (exact) mass is 159 g/mol. The molecule has 0 aliphatic rings. The quantitative estimate of drug-likeness (QED) is 0.620. The van der Waals surface area contributed by atoms with E-state index in [4.69, 9.17) is 0 Å². The number of rotatable bonds is 1. The van der Waals surface area contributed by atoms with Gasteiger partial charge >= 0.3 is 0 Å². The van der Waals surface area contributed by atoms with Crippen LogP contribution in [0.4, 0.5) is 0 Å². The number of hydrogen-bond acceptors (Lipinski definition) is 3. The van der Waals surface area contributed by atoms with Gasteiger partial charge in [-0.25, -0.2) is 4.98 Å². The van der Waals surface area contributed by atoms with Crippen molar-refractivity contribution in [2.24, 2.45) is 0 Å². The van der Waals surface area contributed by atoms with E-state index in [1.54, 1.807) is 11.3 Å². The van der Waals surface area contributed by atoms with Crippen LogP contribution in [-0.2, 0) is 6.42 Å². The van der Waals surface area contributed by atoms with Gasteiger partial charge in [-0.2, -0.15) is 0 Å². The van der Waals surface area contributed by atoms with Gasteiger partial charge in [-0.3, -0.25) is 0 Å². The maximum Gasteiger partial charge on any atom is 0.0909 e. The summed E-state index contributed by atoms with van der Waals surface area (Å²) in [7, 11) is 0. The van der Waals surface area contributed by atoms with E-state index in [-0.39, 0.29) is 0 Å². The summed E-state index contributed by atoms with van der Waals surface area (Å²) in [5, 5.41) is 1.11. The average Bonchev–Trinajstić information content (AvgIpc) is 2.10. The fraction of sp³-hybridized carbons (Fsp3) is 0.500. The molecule has 0 radical (unpaired) electrons. The molecule has 0 unspecified atom stereocenters. The van der Waals surface area contributed by atoms with Gasteiger partial charge in [-0.1, -0.05) is 6.92 Å². The van der Waals surface area contributed by atoms with Crippen molar-refractivity contribution in [2.45, 2.75) is 24.5 Å². The van der Waals surface area contributed by atoms with Crippen molar-refractivity contribution in [3.05, 3.63) is 10.7 Å². The smallest absolute Gasteiger partial charge is 0.0909 e. The lowest BCUT2D eigenvalue weighted by Crippen LogP contribution is -1.79. The minimum Gasteiger partial charge on any atom is -0.245 e. The molecule has 1 nitrogen and oxygen atoms in total. The van der Waals surface area contributed by atoms with Gasteiger partial charge in [-0.15, -0.1) is 24.0 Å². The van der Waals surface area contributed by atoms with E-state index in [0.29, 0.717) is 0 Å². The number of aromatic nitrogens is 1. The largest absolute Gasteiger partial charge is 0.245 e. The second-order valence-electron chi connectivity index (χ2n) is 1.84. The Kier molecular flexibility index (Phi) is 2.13. The van der Waals surface area contributed by atoms with E-state index in [9.17, 15) is 0 Å². The molecule has 1 aromatic heterocycles. The lowest BCUT2D eigenvalue weighted by atomic mass is 10.4. The fourth-order valence-corrected chi connectivity index (χ4v) is 2.04. The van der Waals surface area contributed by atoms with Gasteiger partial charge in [0, 0.05) is 0 Å². The van der Waals surface area contributed by atoms with E-state index in [0.717, 1.165) is 21.3 Å². The van der Waals surface area contributed by atoms with E-state index in [1.165, 1.54) is 0 Å². The van der Waals surface area contributed by atoms with Gasteiger partial charge in [0.05, 0.1) is 14.9 Å². The summed E-state index contributed by atoms with van der Waals surface area (Å²) in [6.45, 7) is 4.10. The molecule has 50 valence electrons. The SMILES string of the molecule is CCc1nc(C)sc1S. The van der Waals surface area contributed by atoms with Crippen molar-refractivity contribution in [1.82, 2.24) is 4.98 Å². The molecular weight excluding hydrogens is 150 g/mol. The van der Waals surface area contributed by atoms with Crippen molar-refractivity contribution in [2.75, 3.05) is 0 Å². The molecule has 1 aromatic rings. The fourth-order valence-electron chi connectivity index (χ4n) is 0.690. The summed E-state index contributed by atoms with van der Waals surface area (Å²) < 4.78 is 1.06. The van der Waals surface area contributed by atoms with Crippen LogP contribution >= 0.6 is 24.0 Å². The first-order chi connectivity index (χ1) is 4.24. The molecule has 3 heteroatoms. The van der Waals surface area contributed by atoms with Crippen LogP contribution in [0.1, 0.15) is 17.6 Å².